The number of rotatable bonds is 5. The van der Waals surface area contributed by atoms with Crippen molar-refractivity contribution < 1.29 is 0 Å². The van der Waals surface area contributed by atoms with Crippen LogP contribution in [0.5, 0.6) is 0 Å². The molecule has 1 aliphatic heterocycles. The van der Waals surface area contributed by atoms with Crippen molar-refractivity contribution in [2.75, 3.05) is 13.1 Å². The summed E-state index contributed by atoms with van der Waals surface area (Å²) in [6.45, 7) is 9.99. The van der Waals surface area contributed by atoms with Crippen molar-refractivity contribution in [3.8, 4) is 0 Å². The van der Waals surface area contributed by atoms with Gasteiger partial charge in [0.25, 0.3) is 0 Å². The zero-order chi connectivity index (χ0) is 16.4. The molecule has 1 N–H and O–H groups in total. The summed E-state index contributed by atoms with van der Waals surface area (Å²) in [6, 6.07) is 0. The monoisotopic (exact) mass is 315 g/mol. The van der Waals surface area contributed by atoms with E-state index in [4.69, 9.17) is 0 Å². The number of nitrogens with one attached hydrogen (secondary N) is 1. The number of hydrogen-bond acceptors (Lipinski definition) is 3. The second kappa shape index (κ2) is 6.87. The molecule has 0 bridgehead atoms. The summed E-state index contributed by atoms with van der Waals surface area (Å²) in [6.07, 6.45) is 7.67. The number of likely N-dealkylation sites (tertiary alicyclic amines) is 1. The summed E-state index contributed by atoms with van der Waals surface area (Å²) in [5.41, 5.74) is 5.39. The molecule has 1 saturated heterocycles. The van der Waals surface area contributed by atoms with Crippen LogP contribution < -0.4 is 0 Å². The molecule has 0 aromatic carbocycles. The fraction of sp³-hybridized carbons (Fsp3) is 0.667. The van der Waals surface area contributed by atoms with Crippen LogP contribution in [0.15, 0.2) is 12.4 Å². The van der Waals surface area contributed by atoms with Crippen LogP contribution in [0, 0.1) is 12.8 Å². The molecule has 23 heavy (non-hydrogen) atoms. The van der Waals surface area contributed by atoms with Crippen molar-refractivity contribution in [3.05, 3.63) is 34.9 Å². The molecule has 2 aromatic rings. The van der Waals surface area contributed by atoms with Crippen molar-refractivity contribution in [2.24, 2.45) is 13.0 Å². The van der Waals surface area contributed by atoms with Crippen LogP contribution in [0.1, 0.15) is 55.1 Å². The molecule has 2 aromatic heterocycles. The highest BCUT2D eigenvalue weighted by atomic mass is 15.3. The van der Waals surface area contributed by atoms with E-state index in [1.807, 2.05) is 24.1 Å². The van der Waals surface area contributed by atoms with E-state index in [-0.39, 0.29) is 0 Å². The summed E-state index contributed by atoms with van der Waals surface area (Å²) < 4.78 is 1.96. The Labute approximate surface area is 139 Å². The van der Waals surface area contributed by atoms with Crippen LogP contribution in [0.4, 0.5) is 0 Å². The van der Waals surface area contributed by atoms with Crippen LogP contribution in [0.2, 0.25) is 0 Å². The third-order valence-corrected chi connectivity index (χ3v) is 5.02. The van der Waals surface area contributed by atoms with Gasteiger partial charge in [-0.3, -0.25) is 14.7 Å². The van der Waals surface area contributed by atoms with Gasteiger partial charge in [-0.15, -0.1) is 0 Å². The van der Waals surface area contributed by atoms with E-state index in [1.165, 1.54) is 41.9 Å². The predicted molar refractivity (Wildman–Crippen MR) is 92.3 cm³/mol. The highest BCUT2D eigenvalue weighted by Crippen LogP contribution is 2.29. The Morgan fingerprint density at radius 2 is 2.13 bits per heavy atom. The topological polar surface area (TPSA) is 49.7 Å². The van der Waals surface area contributed by atoms with E-state index in [0.29, 0.717) is 11.8 Å². The Morgan fingerprint density at radius 3 is 2.83 bits per heavy atom. The highest BCUT2D eigenvalue weighted by molar-refractivity contribution is 5.22. The molecule has 0 radical (unpaired) electrons. The summed E-state index contributed by atoms with van der Waals surface area (Å²) in [5, 5.41) is 12.0. The van der Waals surface area contributed by atoms with Gasteiger partial charge in [-0.05, 0) is 44.2 Å². The molecule has 0 amide bonds. The maximum absolute atomic E-state index is 4.37. The van der Waals surface area contributed by atoms with Crippen molar-refractivity contribution in [1.82, 2.24) is 24.9 Å². The Kier molecular flexibility index (Phi) is 4.85. The van der Waals surface area contributed by atoms with E-state index in [0.717, 1.165) is 19.5 Å². The van der Waals surface area contributed by atoms with Crippen molar-refractivity contribution in [3.63, 3.8) is 0 Å². The SMILES string of the molecule is Cc1c(CN2CCC[C@@H](c3[nH]ncc3CC(C)C)C2)cnn1C. The van der Waals surface area contributed by atoms with Crippen LogP contribution in [-0.2, 0) is 20.0 Å². The van der Waals surface area contributed by atoms with Crippen LogP contribution in [0.3, 0.4) is 0 Å². The smallest absolute Gasteiger partial charge is 0.0537 e. The Morgan fingerprint density at radius 1 is 1.30 bits per heavy atom. The quantitative estimate of drug-likeness (QED) is 0.922. The van der Waals surface area contributed by atoms with Gasteiger partial charge in [-0.1, -0.05) is 13.8 Å². The Hall–Kier alpha value is -1.62. The fourth-order valence-corrected chi connectivity index (χ4v) is 3.65. The van der Waals surface area contributed by atoms with Gasteiger partial charge in [0.05, 0.1) is 12.4 Å². The minimum atomic E-state index is 0.581. The van der Waals surface area contributed by atoms with Gasteiger partial charge in [0.15, 0.2) is 0 Å². The van der Waals surface area contributed by atoms with Crippen LogP contribution in [0.25, 0.3) is 0 Å². The molecule has 0 saturated carbocycles. The highest BCUT2D eigenvalue weighted by Gasteiger charge is 2.25. The minimum Gasteiger partial charge on any atom is -0.298 e. The summed E-state index contributed by atoms with van der Waals surface area (Å²) in [7, 11) is 2.01. The number of piperidine rings is 1. The maximum Gasteiger partial charge on any atom is 0.0537 e. The first-order valence-corrected chi connectivity index (χ1v) is 8.76. The Balaban J connectivity index is 1.69. The number of aromatic nitrogens is 4. The second-order valence-electron chi connectivity index (χ2n) is 7.36. The fourth-order valence-electron chi connectivity index (χ4n) is 3.65. The summed E-state index contributed by atoms with van der Waals surface area (Å²) in [5.74, 6) is 1.25. The molecular weight excluding hydrogens is 286 g/mol. The lowest BCUT2D eigenvalue weighted by Gasteiger charge is -2.32. The molecule has 3 rings (SSSR count). The van der Waals surface area contributed by atoms with Crippen molar-refractivity contribution >= 4 is 0 Å². The van der Waals surface area contributed by atoms with Gasteiger partial charge in [0.1, 0.15) is 0 Å². The molecule has 0 aliphatic carbocycles. The standard InChI is InChI=1S/C18H29N5/c1-13(2)8-16-9-19-21-18(16)15-6-5-7-23(11-15)12-17-10-20-22(4)14(17)3/h9-10,13,15H,5-8,11-12H2,1-4H3,(H,19,21)/t15-/m1/s1. The van der Waals surface area contributed by atoms with E-state index in [9.17, 15) is 0 Å². The Bertz CT molecular complexity index is 640. The molecule has 0 unspecified atom stereocenters. The van der Waals surface area contributed by atoms with Gasteiger partial charge in [0.2, 0.25) is 0 Å². The van der Waals surface area contributed by atoms with Gasteiger partial charge in [-0.25, -0.2) is 0 Å². The molecule has 1 aliphatic rings. The maximum atomic E-state index is 4.37. The molecule has 1 atom stereocenters. The van der Waals surface area contributed by atoms with E-state index in [2.05, 4.69) is 41.0 Å². The normalized spacial score (nSPS) is 19.6. The predicted octanol–water partition coefficient (Wildman–Crippen LogP) is 3.03. The number of aryl methyl sites for hydroxylation is 1. The molecule has 5 nitrogen and oxygen atoms in total. The molecular formula is C18H29N5. The third kappa shape index (κ3) is 3.66. The van der Waals surface area contributed by atoms with E-state index in [1.54, 1.807) is 0 Å². The lowest BCUT2D eigenvalue weighted by Crippen LogP contribution is -2.34. The number of nitrogens with zero attached hydrogens (tertiary/aromatic N) is 4. The van der Waals surface area contributed by atoms with Gasteiger partial charge in [-0.2, -0.15) is 10.2 Å². The first-order valence-electron chi connectivity index (χ1n) is 8.76. The molecule has 5 heteroatoms. The molecule has 126 valence electrons. The number of aromatic amines is 1. The lowest BCUT2D eigenvalue weighted by atomic mass is 9.90. The first kappa shape index (κ1) is 16.2. The van der Waals surface area contributed by atoms with Crippen molar-refractivity contribution in [1.29, 1.82) is 0 Å². The first-order chi connectivity index (χ1) is 11.0. The van der Waals surface area contributed by atoms with Crippen LogP contribution in [-0.4, -0.2) is 38.0 Å². The van der Waals surface area contributed by atoms with Gasteiger partial charge in [0, 0.05) is 43.0 Å². The zero-order valence-electron chi connectivity index (χ0n) is 14.8. The molecule has 1 fully saturated rings. The van der Waals surface area contributed by atoms with Gasteiger partial charge >= 0.3 is 0 Å². The lowest BCUT2D eigenvalue weighted by molar-refractivity contribution is 0.197. The van der Waals surface area contributed by atoms with Crippen LogP contribution >= 0.6 is 0 Å². The third-order valence-electron chi connectivity index (χ3n) is 5.02. The van der Waals surface area contributed by atoms with Gasteiger partial charge < -0.3 is 0 Å². The summed E-state index contributed by atoms with van der Waals surface area (Å²) >= 11 is 0. The number of hydrogen-bond donors (Lipinski definition) is 1. The molecule has 3 heterocycles. The average molecular weight is 315 g/mol. The average Bonchev–Trinajstić information content (AvgIpc) is 3.09. The molecule has 0 spiro atoms. The number of H-pyrrole nitrogens is 1. The largest absolute Gasteiger partial charge is 0.298 e. The zero-order valence-corrected chi connectivity index (χ0v) is 14.8. The second-order valence-corrected chi connectivity index (χ2v) is 7.36. The summed E-state index contributed by atoms with van der Waals surface area (Å²) in [4.78, 5) is 2.57. The minimum absolute atomic E-state index is 0.581. The van der Waals surface area contributed by atoms with E-state index >= 15 is 0 Å². The van der Waals surface area contributed by atoms with Crippen molar-refractivity contribution in [2.45, 2.75) is 52.5 Å². The van der Waals surface area contributed by atoms with E-state index < -0.39 is 0 Å².